The minimum atomic E-state index is -4.83. The van der Waals surface area contributed by atoms with Crippen LogP contribution in [0.25, 0.3) is 22.3 Å². The number of anilines is 1. The number of carboxylic acids is 1. The van der Waals surface area contributed by atoms with E-state index in [4.69, 9.17) is 16.0 Å². The zero-order valence-electron chi connectivity index (χ0n) is 19.0. The summed E-state index contributed by atoms with van der Waals surface area (Å²) in [5.74, 6) is -3.64. The highest BCUT2D eigenvalue weighted by molar-refractivity contribution is 6.29. The molecular formula is C25H16ClF5N2O4. The molecule has 0 aliphatic heterocycles. The van der Waals surface area contributed by atoms with Gasteiger partial charge >= 0.3 is 12.1 Å². The predicted molar refractivity (Wildman–Crippen MR) is 126 cm³/mol. The van der Waals surface area contributed by atoms with Crippen molar-refractivity contribution in [2.24, 2.45) is 0 Å². The van der Waals surface area contributed by atoms with E-state index in [2.05, 4.69) is 10.3 Å². The Morgan fingerprint density at radius 1 is 1.14 bits per heavy atom. The zero-order valence-corrected chi connectivity index (χ0v) is 19.8. The molecule has 0 aliphatic rings. The van der Waals surface area contributed by atoms with Crippen LogP contribution in [0, 0.1) is 18.6 Å². The number of carboxylic acid groups (broad SMARTS) is 1. The van der Waals surface area contributed by atoms with Gasteiger partial charge in [0, 0.05) is 17.2 Å². The van der Waals surface area contributed by atoms with Gasteiger partial charge in [-0.2, -0.15) is 13.2 Å². The van der Waals surface area contributed by atoms with E-state index in [0.717, 1.165) is 18.2 Å². The monoisotopic (exact) mass is 538 g/mol. The Balaban J connectivity index is 1.98. The number of alkyl halides is 3. The first-order valence-corrected chi connectivity index (χ1v) is 11.0. The molecule has 0 amide bonds. The Morgan fingerprint density at radius 3 is 2.46 bits per heavy atom. The Hall–Kier alpha value is -3.99. The smallest absolute Gasteiger partial charge is 0.416 e. The van der Waals surface area contributed by atoms with Gasteiger partial charge in [-0.25, -0.2) is 18.6 Å². The summed E-state index contributed by atoms with van der Waals surface area (Å²) in [6.07, 6.45) is -4.83. The van der Waals surface area contributed by atoms with E-state index < -0.39 is 51.9 Å². The third kappa shape index (κ3) is 4.99. The van der Waals surface area contributed by atoms with Crippen LogP contribution in [0.5, 0.6) is 0 Å². The van der Waals surface area contributed by atoms with E-state index in [1.54, 1.807) is 0 Å². The van der Waals surface area contributed by atoms with E-state index in [1.165, 1.54) is 26.0 Å². The molecule has 37 heavy (non-hydrogen) atoms. The molecule has 0 unspecified atom stereocenters. The number of fused-ring (bicyclic) bond motifs is 1. The van der Waals surface area contributed by atoms with Crippen molar-refractivity contribution in [1.82, 2.24) is 4.98 Å². The Labute approximate surface area is 210 Å². The highest BCUT2D eigenvalue weighted by atomic mass is 35.5. The van der Waals surface area contributed by atoms with Crippen molar-refractivity contribution < 1.29 is 36.3 Å². The van der Waals surface area contributed by atoms with E-state index in [1.807, 2.05) is 0 Å². The minimum Gasteiger partial charge on any atom is -0.476 e. The van der Waals surface area contributed by atoms with Gasteiger partial charge in [0.1, 0.15) is 28.1 Å². The first-order chi connectivity index (χ1) is 17.3. The van der Waals surface area contributed by atoms with Crippen LogP contribution in [-0.2, 0) is 6.18 Å². The molecule has 2 aromatic carbocycles. The fraction of sp³-hybridized carbons (Fsp3) is 0.160. The van der Waals surface area contributed by atoms with Crippen molar-refractivity contribution in [3.05, 3.63) is 91.9 Å². The molecule has 0 saturated carbocycles. The molecule has 0 bridgehead atoms. The second-order valence-corrected chi connectivity index (χ2v) is 8.54. The molecule has 0 aliphatic carbocycles. The van der Waals surface area contributed by atoms with Crippen molar-refractivity contribution in [2.45, 2.75) is 26.1 Å². The highest BCUT2D eigenvalue weighted by Gasteiger charge is 2.33. The maximum atomic E-state index is 14.5. The first kappa shape index (κ1) is 26.1. The molecule has 4 rings (SSSR count). The minimum absolute atomic E-state index is 0.0609. The molecule has 2 N–H and O–H groups in total. The lowest BCUT2D eigenvalue weighted by molar-refractivity contribution is -0.137. The summed E-state index contributed by atoms with van der Waals surface area (Å²) in [7, 11) is 0. The third-order valence-electron chi connectivity index (χ3n) is 5.65. The maximum absolute atomic E-state index is 14.5. The predicted octanol–water partition coefficient (Wildman–Crippen LogP) is 6.99. The first-order valence-electron chi connectivity index (χ1n) is 10.6. The van der Waals surface area contributed by atoms with Gasteiger partial charge in [-0.05, 0) is 50.2 Å². The number of nitrogens with zero attached hydrogens (tertiary/aromatic N) is 1. The van der Waals surface area contributed by atoms with Crippen LogP contribution in [0.3, 0.4) is 0 Å². The number of hydrogen-bond acceptors (Lipinski definition) is 5. The number of benzene rings is 2. The number of halogens is 6. The van der Waals surface area contributed by atoms with E-state index in [0.29, 0.717) is 12.1 Å². The lowest BCUT2D eigenvalue weighted by Crippen LogP contribution is -2.16. The van der Waals surface area contributed by atoms with E-state index >= 15 is 0 Å². The summed E-state index contributed by atoms with van der Waals surface area (Å²) in [5.41, 5.74) is -3.45. The second-order valence-electron chi connectivity index (χ2n) is 8.15. The van der Waals surface area contributed by atoms with Gasteiger partial charge < -0.3 is 14.8 Å². The molecular weight excluding hydrogens is 523 g/mol. The summed E-state index contributed by atoms with van der Waals surface area (Å²) >= 11 is 5.76. The van der Waals surface area contributed by atoms with Crippen molar-refractivity contribution >= 4 is 34.2 Å². The Kier molecular flexibility index (Phi) is 6.68. The molecule has 0 saturated heterocycles. The van der Waals surface area contributed by atoms with Crippen molar-refractivity contribution in [3.8, 4) is 11.3 Å². The highest BCUT2D eigenvalue weighted by Crippen LogP contribution is 2.38. The van der Waals surface area contributed by atoms with Gasteiger partial charge in [-0.3, -0.25) is 4.79 Å². The quantitative estimate of drug-likeness (QED) is 0.210. The van der Waals surface area contributed by atoms with Crippen LogP contribution < -0.4 is 10.7 Å². The van der Waals surface area contributed by atoms with Gasteiger partial charge in [0.2, 0.25) is 0 Å². The largest absolute Gasteiger partial charge is 0.476 e. The SMILES string of the molecule is Cc1c(-c2ccc(F)cc2F)oc2c([C@@H](C)Nc3ccc(Cl)nc3C(=O)O)cc(C(F)(F)F)cc2c1=O. The van der Waals surface area contributed by atoms with Crippen molar-refractivity contribution in [1.29, 1.82) is 0 Å². The van der Waals surface area contributed by atoms with Gasteiger partial charge in [0.25, 0.3) is 0 Å². The zero-order chi connectivity index (χ0) is 27.2. The standard InChI is InChI=1S/C25H16ClF5N2O4/c1-10-21(34)16-8-12(25(29,30)31)7-15(11(2)32-18-5-6-19(26)33-20(18)24(35)36)23(16)37-22(10)14-4-3-13(27)9-17(14)28/h3-9,11,32H,1-2H3,(H,35,36)/t11-/m1/s1. The number of carbonyl (C=O) groups is 1. The van der Waals surface area contributed by atoms with Crippen LogP contribution in [0.1, 0.15) is 40.1 Å². The average Bonchev–Trinajstić information content (AvgIpc) is 2.81. The lowest BCUT2D eigenvalue weighted by Gasteiger charge is -2.20. The molecule has 12 heteroatoms. The Morgan fingerprint density at radius 2 is 1.84 bits per heavy atom. The van der Waals surface area contributed by atoms with Crippen LogP contribution in [0.4, 0.5) is 27.6 Å². The summed E-state index contributed by atoms with van der Waals surface area (Å²) in [5, 5.41) is 11.7. The van der Waals surface area contributed by atoms with Crippen LogP contribution >= 0.6 is 11.6 Å². The fourth-order valence-corrected chi connectivity index (χ4v) is 4.01. The molecule has 0 spiro atoms. The molecule has 0 radical (unpaired) electrons. The van der Waals surface area contributed by atoms with Gasteiger partial charge in [-0.1, -0.05) is 11.6 Å². The van der Waals surface area contributed by atoms with Crippen LogP contribution in [-0.4, -0.2) is 16.1 Å². The van der Waals surface area contributed by atoms with E-state index in [-0.39, 0.29) is 38.9 Å². The number of hydrogen-bond donors (Lipinski definition) is 2. The molecule has 2 aromatic heterocycles. The summed E-state index contributed by atoms with van der Waals surface area (Å²) in [6.45, 7) is 2.66. The number of rotatable bonds is 5. The molecule has 1 atom stereocenters. The van der Waals surface area contributed by atoms with Crippen LogP contribution in [0.2, 0.25) is 5.15 Å². The number of nitrogens with one attached hydrogen (secondary N) is 1. The number of aromatic carboxylic acids is 1. The third-order valence-corrected chi connectivity index (χ3v) is 5.86. The Bertz CT molecular complexity index is 1620. The second kappa shape index (κ2) is 9.47. The topological polar surface area (TPSA) is 92.4 Å². The average molecular weight is 539 g/mol. The summed E-state index contributed by atoms with van der Waals surface area (Å²) in [4.78, 5) is 28.5. The van der Waals surface area contributed by atoms with E-state index in [9.17, 15) is 36.6 Å². The van der Waals surface area contributed by atoms with Gasteiger partial charge in [0.05, 0.1) is 28.2 Å². The van der Waals surface area contributed by atoms with Crippen molar-refractivity contribution in [3.63, 3.8) is 0 Å². The summed E-state index contributed by atoms with van der Waals surface area (Å²) < 4.78 is 75.0. The molecule has 2 heterocycles. The van der Waals surface area contributed by atoms with Gasteiger partial charge in [0.15, 0.2) is 11.1 Å². The fourth-order valence-electron chi connectivity index (χ4n) is 3.86. The molecule has 4 aromatic rings. The normalized spacial score (nSPS) is 12.5. The maximum Gasteiger partial charge on any atom is 0.416 e. The lowest BCUT2D eigenvalue weighted by atomic mass is 9.98. The van der Waals surface area contributed by atoms with Crippen LogP contribution in [0.15, 0.2) is 51.7 Å². The number of aromatic nitrogens is 1. The van der Waals surface area contributed by atoms with Gasteiger partial charge in [-0.15, -0.1) is 0 Å². The number of pyridine rings is 1. The molecule has 6 nitrogen and oxygen atoms in total. The summed E-state index contributed by atoms with van der Waals surface area (Å²) in [6, 6.07) is 5.44. The van der Waals surface area contributed by atoms with Crippen molar-refractivity contribution in [2.75, 3.05) is 5.32 Å². The molecule has 0 fully saturated rings. The molecule has 192 valence electrons.